The minimum atomic E-state index is -0.0240. The van der Waals surface area contributed by atoms with Gasteiger partial charge >= 0.3 is 0 Å². The van der Waals surface area contributed by atoms with E-state index in [-0.39, 0.29) is 17.9 Å². The predicted molar refractivity (Wildman–Crippen MR) is 57.3 cm³/mol. The average Bonchev–Trinajstić information content (AvgIpc) is 2.50. The zero-order valence-electron chi connectivity index (χ0n) is 9.30. The molecule has 0 aromatic heterocycles. The molecule has 1 fully saturated rings. The smallest absolute Gasteiger partial charge is 0.222 e. The van der Waals surface area contributed by atoms with E-state index >= 15 is 0 Å². The van der Waals surface area contributed by atoms with Crippen LogP contribution in [0.2, 0.25) is 0 Å². The second-order valence-electron chi connectivity index (χ2n) is 4.13. The Morgan fingerprint density at radius 2 is 2.33 bits per heavy atom. The van der Waals surface area contributed by atoms with Crippen molar-refractivity contribution in [3.8, 4) is 0 Å². The lowest BCUT2D eigenvalue weighted by atomic mass is 10.2. The first kappa shape index (κ1) is 12.0. The third-order valence-electron chi connectivity index (χ3n) is 2.25. The molecule has 1 aliphatic heterocycles. The minimum Gasteiger partial charge on any atom is -0.354 e. The van der Waals surface area contributed by atoms with E-state index in [0.717, 1.165) is 0 Å². The lowest BCUT2D eigenvalue weighted by Crippen LogP contribution is -2.38. The molecular formula is C10H19N3O2. The lowest BCUT2D eigenvalue weighted by Gasteiger charge is -2.11. The molecule has 2 amide bonds. The molecule has 86 valence electrons. The molecule has 0 saturated carbocycles. The number of rotatable bonds is 5. The van der Waals surface area contributed by atoms with Crippen LogP contribution < -0.4 is 16.0 Å². The summed E-state index contributed by atoms with van der Waals surface area (Å²) in [5.74, 6) is 0.0188. The van der Waals surface area contributed by atoms with E-state index < -0.39 is 0 Å². The largest absolute Gasteiger partial charge is 0.354 e. The van der Waals surface area contributed by atoms with Crippen LogP contribution in [-0.4, -0.2) is 37.0 Å². The maximum Gasteiger partial charge on any atom is 0.222 e. The number of hydrogen-bond donors (Lipinski definition) is 3. The van der Waals surface area contributed by atoms with Gasteiger partial charge in [-0.25, -0.2) is 0 Å². The van der Waals surface area contributed by atoms with Gasteiger partial charge in [-0.2, -0.15) is 0 Å². The number of hydrogen-bond acceptors (Lipinski definition) is 3. The van der Waals surface area contributed by atoms with Crippen LogP contribution >= 0.6 is 0 Å². The molecule has 0 aromatic carbocycles. The molecule has 1 rings (SSSR count). The summed E-state index contributed by atoms with van der Waals surface area (Å²) < 4.78 is 0. The number of amides is 2. The van der Waals surface area contributed by atoms with Crippen LogP contribution in [0.25, 0.3) is 0 Å². The maximum atomic E-state index is 11.4. The molecule has 5 heteroatoms. The van der Waals surface area contributed by atoms with Crippen molar-refractivity contribution in [1.82, 2.24) is 16.0 Å². The first-order chi connectivity index (χ1) is 7.08. The minimum absolute atomic E-state index is 0.00431. The van der Waals surface area contributed by atoms with E-state index in [1.807, 2.05) is 13.8 Å². The predicted octanol–water partition coefficient (Wildman–Crippen LogP) is -0.621. The van der Waals surface area contributed by atoms with Crippen LogP contribution in [0.15, 0.2) is 0 Å². The Morgan fingerprint density at radius 1 is 1.60 bits per heavy atom. The van der Waals surface area contributed by atoms with Gasteiger partial charge in [-0.05, 0) is 0 Å². The Labute approximate surface area is 90.0 Å². The van der Waals surface area contributed by atoms with Crippen LogP contribution in [-0.2, 0) is 9.59 Å². The zero-order valence-corrected chi connectivity index (χ0v) is 9.30. The number of carbonyl (C=O) groups excluding carboxylic acids is 2. The normalized spacial score (nSPS) is 20.5. The molecule has 0 bridgehead atoms. The van der Waals surface area contributed by atoms with Crippen molar-refractivity contribution in [2.45, 2.75) is 38.8 Å². The second kappa shape index (κ2) is 5.70. The highest BCUT2D eigenvalue weighted by Gasteiger charge is 2.22. The third-order valence-corrected chi connectivity index (χ3v) is 2.25. The van der Waals surface area contributed by atoms with Crippen molar-refractivity contribution in [2.75, 3.05) is 13.1 Å². The summed E-state index contributed by atoms with van der Waals surface area (Å²) in [6, 6.07) is 0.372. The molecule has 0 aromatic rings. The van der Waals surface area contributed by atoms with E-state index in [0.29, 0.717) is 32.0 Å². The molecular weight excluding hydrogens is 194 g/mol. The average molecular weight is 213 g/mol. The van der Waals surface area contributed by atoms with Crippen molar-refractivity contribution in [1.29, 1.82) is 0 Å². The highest BCUT2D eigenvalue weighted by molar-refractivity contribution is 5.82. The first-order valence-corrected chi connectivity index (χ1v) is 5.37. The van der Waals surface area contributed by atoms with E-state index in [2.05, 4.69) is 16.0 Å². The van der Waals surface area contributed by atoms with Crippen molar-refractivity contribution in [2.24, 2.45) is 0 Å². The SMILES string of the molecule is CC(C)NCCC(=O)NC1CNC(=O)C1. The Hall–Kier alpha value is -1.10. The Balaban J connectivity index is 2.10. The van der Waals surface area contributed by atoms with Crippen LogP contribution in [0.4, 0.5) is 0 Å². The standard InChI is InChI=1S/C10H19N3O2/c1-7(2)11-4-3-9(14)13-8-5-10(15)12-6-8/h7-8,11H,3-6H2,1-2H3,(H,12,15)(H,13,14). The summed E-state index contributed by atoms with van der Waals surface area (Å²) in [4.78, 5) is 22.3. The summed E-state index contributed by atoms with van der Waals surface area (Å²) in [5.41, 5.74) is 0. The monoisotopic (exact) mass is 213 g/mol. The molecule has 5 nitrogen and oxygen atoms in total. The van der Waals surface area contributed by atoms with E-state index in [4.69, 9.17) is 0 Å². The Bertz CT molecular complexity index is 241. The molecule has 0 spiro atoms. The lowest BCUT2D eigenvalue weighted by molar-refractivity contribution is -0.121. The molecule has 3 N–H and O–H groups in total. The first-order valence-electron chi connectivity index (χ1n) is 5.37. The highest BCUT2D eigenvalue weighted by Crippen LogP contribution is 1.99. The summed E-state index contributed by atoms with van der Waals surface area (Å²) in [6.45, 7) is 5.31. The fraction of sp³-hybridized carbons (Fsp3) is 0.800. The van der Waals surface area contributed by atoms with E-state index in [1.54, 1.807) is 0 Å². The van der Waals surface area contributed by atoms with Gasteiger partial charge in [0, 0.05) is 32.0 Å². The summed E-state index contributed by atoms with van der Waals surface area (Å²) >= 11 is 0. The Morgan fingerprint density at radius 3 is 2.87 bits per heavy atom. The summed E-state index contributed by atoms with van der Waals surface area (Å²) in [7, 11) is 0. The third kappa shape index (κ3) is 4.78. The van der Waals surface area contributed by atoms with Crippen molar-refractivity contribution < 1.29 is 9.59 Å². The van der Waals surface area contributed by atoms with Gasteiger partial charge in [0.25, 0.3) is 0 Å². The summed E-state index contributed by atoms with van der Waals surface area (Å²) in [6.07, 6.45) is 0.867. The zero-order chi connectivity index (χ0) is 11.3. The second-order valence-corrected chi connectivity index (χ2v) is 4.13. The quantitative estimate of drug-likeness (QED) is 0.570. The van der Waals surface area contributed by atoms with Gasteiger partial charge in [-0.3, -0.25) is 9.59 Å². The maximum absolute atomic E-state index is 11.4. The van der Waals surface area contributed by atoms with Gasteiger partial charge in [0.15, 0.2) is 0 Å². The highest BCUT2D eigenvalue weighted by atomic mass is 16.2. The molecule has 1 unspecified atom stereocenters. The molecule has 1 atom stereocenters. The van der Waals surface area contributed by atoms with Crippen LogP contribution in [0, 0.1) is 0 Å². The molecule has 0 radical (unpaired) electrons. The fourth-order valence-electron chi connectivity index (χ4n) is 1.48. The van der Waals surface area contributed by atoms with Gasteiger partial charge in [0.2, 0.25) is 11.8 Å². The van der Waals surface area contributed by atoms with Crippen LogP contribution in [0.5, 0.6) is 0 Å². The van der Waals surface area contributed by atoms with Crippen LogP contribution in [0.1, 0.15) is 26.7 Å². The van der Waals surface area contributed by atoms with Gasteiger partial charge in [-0.1, -0.05) is 13.8 Å². The molecule has 15 heavy (non-hydrogen) atoms. The van der Waals surface area contributed by atoms with Crippen LogP contribution in [0.3, 0.4) is 0 Å². The number of carbonyl (C=O) groups is 2. The topological polar surface area (TPSA) is 70.2 Å². The molecule has 1 aliphatic rings. The van der Waals surface area contributed by atoms with Gasteiger partial charge in [-0.15, -0.1) is 0 Å². The fourth-order valence-corrected chi connectivity index (χ4v) is 1.48. The van der Waals surface area contributed by atoms with E-state index in [1.165, 1.54) is 0 Å². The van der Waals surface area contributed by atoms with Gasteiger partial charge in [0.1, 0.15) is 0 Å². The van der Waals surface area contributed by atoms with Gasteiger partial charge < -0.3 is 16.0 Å². The van der Waals surface area contributed by atoms with E-state index in [9.17, 15) is 9.59 Å². The molecule has 0 aliphatic carbocycles. The van der Waals surface area contributed by atoms with Crippen molar-refractivity contribution >= 4 is 11.8 Å². The van der Waals surface area contributed by atoms with Crippen molar-refractivity contribution in [3.63, 3.8) is 0 Å². The van der Waals surface area contributed by atoms with Gasteiger partial charge in [0.05, 0.1) is 6.04 Å². The number of nitrogens with one attached hydrogen (secondary N) is 3. The Kier molecular flexibility index (Phi) is 4.55. The van der Waals surface area contributed by atoms with Crippen molar-refractivity contribution in [3.05, 3.63) is 0 Å². The molecule has 1 saturated heterocycles. The summed E-state index contributed by atoms with van der Waals surface area (Å²) in [5, 5.41) is 8.67. The molecule has 1 heterocycles.